The molecule has 15 heteroatoms. The maximum Gasteiger partial charge on any atom is 0.415 e. The van der Waals surface area contributed by atoms with Gasteiger partial charge in [-0.3, -0.25) is 19.5 Å². The Labute approximate surface area is 251 Å². The minimum atomic E-state index is -1.38. The minimum absolute atomic E-state index is 0.0861. The molecule has 4 N–H and O–H groups in total. The number of aliphatic hydroxyl groups is 2. The molecule has 44 heavy (non-hydrogen) atoms. The van der Waals surface area contributed by atoms with Crippen LogP contribution < -0.4 is 10.5 Å². The molecule has 1 amide bonds. The number of amides is 1. The smallest absolute Gasteiger partial charge is 0.410 e. The number of aliphatic hydroxyl groups excluding tert-OH is 2. The summed E-state index contributed by atoms with van der Waals surface area (Å²) >= 11 is 0. The molecule has 4 heterocycles. The van der Waals surface area contributed by atoms with Crippen molar-refractivity contribution in [1.29, 1.82) is 0 Å². The number of hydrogen-bond acceptors (Lipinski definition) is 12. The van der Waals surface area contributed by atoms with Gasteiger partial charge in [-0.2, -0.15) is 0 Å². The lowest BCUT2D eigenvalue weighted by atomic mass is 9.94. The van der Waals surface area contributed by atoms with E-state index in [1.165, 1.54) is 35.2 Å². The molecular formula is C29H31N7O8. The zero-order chi connectivity index (χ0) is 31.0. The van der Waals surface area contributed by atoms with E-state index in [9.17, 15) is 29.9 Å². The van der Waals surface area contributed by atoms with E-state index >= 15 is 0 Å². The molecule has 4 atom stereocenters. The molecule has 1 saturated carbocycles. The van der Waals surface area contributed by atoms with Crippen molar-refractivity contribution in [2.45, 2.75) is 63.1 Å². The average Bonchev–Trinajstić information content (AvgIpc) is 3.64. The second-order valence-electron chi connectivity index (χ2n) is 11.4. The van der Waals surface area contributed by atoms with Crippen molar-refractivity contribution in [2.24, 2.45) is 11.8 Å². The molecule has 15 nitrogen and oxygen atoms in total. The number of fused-ring (bicyclic) bond motifs is 1. The number of carbonyl (C=O) groups is 2. The Morgan fingerprint density at radius 1 is 1.14 bits per heavy atom. The fourth-order valence-electron chi connectivity index (χ4n) is 5.48. The maximum atomic E-state index is 12.6. The van der Waals surface area contributed by atoms with Gasteiger partial charge in [-0.25, -0.2) is 19.7 Å². The number of ether oxygens (including phenoxy) is 2. The molecular weight excluding hydrogens is 574 g/mol. The van der Waals surface area contributed by atoms with Crippen LogP contribution in [0.2, 0.25) is 0 Å². The van der Waals surface area contributed by atoms with E-state index in [4.69, 9.17) is 15.2 Å². The number of anilines is 1. The Balaban J connectivity index is 1.07. The number of imidazole rings is 1. The van der Waals surface area contributed by atoms with Gasteiger partial charge in [0.25, 0.3) is 5.69 Å². The lowest BCUT2D eigenvalue weighted by Crippen LogP contribution is -2.40. The number of nitrogens with zero attached hydrogens (tertiary/aromatic N) is 6. The van der Waals surface area contributed by atoms with Gasteiger partial charge in [-0.1, -0.05) is 12.0 Å². The van der Waals surface area contributed by atoms with Gasteiger partial charge >= 0.3 is 6.09 Å². The van der Waals surface area contributed by atoms with Crippen LogP contribution in [0.5, 0.6) is 5.75 Å². The van der Waals surface area contributed by atoms with Crippen LogP contribution in [0, 0.1) is 33.8 Å². The highest BCUT2D eigenvalue weighted by Crippen LogP contribution is 2.37. The molecule has 2 aliphatic heterocycles. The first kappa shape index (κ1) is 29.4. The van der Waals surface area contributed by atoms with E-state index in [-0.39, 0.29) is 45.9 Å². The number of piperidine rings is 1. The van der Waals surface area contributed by atoms with Crippen LogP contribution in [0.25, 0.3) is 11.2 Å². The molecule has 2 saturated heterocycles. The molecule has 3 aliphatic rings. The van der Waals surface area contributed by atoms with Crippen molar-refractivity contribution in [3.8, 4) is 17.6 Å². The number of nitro groups is 1. The molecule has 3 aromatic rings. The van der Waals surface area contributed by atoms with Gasteiger partial charge in [0.15, 0.2) is 23.5 Å². The number of nitro benzene ring substituents is 1. The summed E-state index contributed by atoms with van der Waals surface area (Å²) in [5.74, 6) is 6.64. The molecule has 6 rings (SSSR count). The average molecular weight is 606 g/mol. The van der Waals surface area contributed by atoms with E-state index in [2.05, 4.69) is 26.8 Å². The molecule has 1 aliphatic carbocycles. The number of rotatable bonds is 7. The first-order chi connectivity index (χ1) is 21.2. The normalized spacial score (nSPS) is 23.7. The number of nitrogen functional groups attached to an aromatic ring is 1. The summed E-state index contributed by atoms with van der Waals surface area (Å²) in [7, 11) is 0. The summed E-state index contributed by atoms with van der Waals surface area (Å²) in [5, 5.41) is 32.2. The number of non-ortho nitro benzene ring substituents is 1. The fourth-order valence-corrected chi connectivity index (χ4v) is 5.48. The van der Waals surface area contributed by atoms with Gasteiger partial charge < -0.3 is 30.3 Å². The van der Waals surface area contributed by atoms with Crippen LogP contribution in [-0.4, -0.2) is 82.8 Å². The van der Waals surface area contributed by atoms with E-state index in [0.717, 1.165) is 12.8 Å². The molecule has 0 spiro atoms. The number of Topliss-reactive ketones (excluding diaryl/α,β-unsaturated/α-hetero) is 1. The zero-order valence-electron chi connectivity index (χ0n) is 23.6. The van der Waals surface area contributed by atoms with E-state index in [1.54, 1.807) is 4.90 Å². The second kappa shape index (κ2) is 12.2. The number of aromatic nitrogens is 4. The van der Waals surface area contributed by atoms with Gasteiger partial charge in [-0.05, 0) is 49.5 Å². The van der Waals surface area contributed by atoms with Gasteiger partial charge in [0.2, 0.25) is 5.82 Å². The summed E-state index contributed by atoms with van der Waals surface area (Å²) < 4.78 is 12.6. The lowest BCUT2D eigenvalue weighted by molar-refractivity contribution is -0.384. The maximum absolute atomic E-state index is 12.6. The number of hydrogen-bond donors (Lipinski definition) is 3. The number of ketones is 1. The standard InChI is InChI=1S/C29H31N7O8/c30-26-22-27(35(15-31-22)28-24(39)23(38)25(44-28)20(37)13-17-7-8-17)33-21(32-26)6-1-3-16-9-11-34(12-10-16)29(40)43-19-5-2-4-18(14-19)36(41)42/h2,4-5,14-17,23-25,28,38-39H,3,7-13H2,(H2,30,32,33)/t23?,24-,25+,28+/m0/s1. The van der Waals surface area contributed by atoms with Crippen LogP contribution in [0.15, 0.2) is 30.6 Å². The summed E-state index contributed by atoms with van der Waals surface area (Å²) in [6, 6.07) is 5.48. The number of likely N-dealkylation sites (tertiary alicyclic amines) is 1. The van der Waals surface area contributed by atoms with E-state index in [1.807, 2.05) is 0 Å². The van der Waals surface area contributed by atoms with Crippen molar-refractivity contribution < 1.29 is 34.2 Å². The fraction of sp³-hybridized carbons (Fsp3) is 0.483. The van der Waals surface area contributed by atoms with E-state index < -0.39 is 35.6 Å². The summed E-state index contributed by atoms with van der Waals surface area (Å²) in [6.45, 7) is 0.906. The Morgan fingerprint density at radius 3 is 2.64 bits per heavy atom. The van der Waals surface area contributed by atoms with Crippen molar-refractivity contribution in [3.63, 3.8) is 0 Å². The second-order valence-corrected chi connectivity index (χ2v) is 11.4. The predicted octanol–water partition coefficient (Wildman–Crippen LogP) is 1.96. The van der Waals surface area contributed by atoms with Crippen LogP contribution >= 0.6 is 0 Å². The molecule has 3 fully saturated rings. The Morgan fingerprint density at radius 2 is 1.91 bits per heavy atom. The topological polar surface area (TPSA) is 209 Å². The van der Waals surface area contributed by atoms with Crippen LogP contribution in [-0.2, 0) is 9.53 Å². The largest absolute Gasteiger partial charge is 0.415 e. The highest BCUT2D eigenvalue weighted by molar-refractivity contribution is 5.85. The summed E-state index contributed by atoms with van der Waals surface area (Å²) in [4.78, 5) is 50.1. The van der Waals surface area contributed by atoms with Gasteiger partial charge in [0, 0.05) is 32.0 Å². The first-order valence-electron chi connectivity index (χ1n) is 14.4. The quantitative estimate of drug-likeness (QED) is 0.201. The number of nitrogens with two attached hydrogens (primary N) is 1. The third kappa shape index (κ3) is 6.18. The third-order valence-corrected chi connectivity index (χ3v) is 8.16. The van der Waals surface area contributed by atoms with Gasteiger partial charge in [0.05, 0.1) is 17.3 Å². The molecule has 0 bridgehead atoms. The zero-order valence-corrected chi connectivity index (χ0v) is 23.6. The van der Waals surface area contributed by atoms with Crippen molar-refractivity contribution >= 4 is 34.5 Å². The van der Waals surface area contributed by atoms with Crippen LogP contribution in [0.3, 0.4) is 0 Å². The first-order valence-corrected chi connectivity index (χ1v) is 14.4. The molecule has 0 radical (unpaired) electrons. The van der Waals surface area contributed by atoms with Crippen molar-refractivity contribution in [2.75, 3.05) is 18.8 Å². The van der Waals surface area contributed by atoms with Crippen molar-refractivity contribution in [1.82, 2.24) is 24.4 Å². The lowest BCUT2D eigenvalue weighted by Gasteiger charge is -2.30. The minimum Gasteiger partial charge on any atom is -0.410 e. The Kier molecular flexibility index (Phi) is 8.13. The molecule has 1 aromatic carbocycles. The highest BCUT2D eigenvalue weighted by atomic mass is 16.6. The Bertz CT molecular complexity index is 1650. The highest BCUT2D eigenvalue weighted by Gasteiger charge is 2.48. The van der Waals surface area contributed by atoms with Crippen LogP contribution in [0.1, 0.15) is 50.6 Å². The predicted molar refractivity (Wildman–Crippen MR) is 153 cm³/mol. The summed E-state index contributed by atoms with van der Waals surface area (Å²) in [5.41, 5.74) is 6.49. The third-order valence-electron chi connectivity index (χ3n) is 8.16. The number of carbonyl (C=O) groups excluding carboxylic acids is 2. The molecule has 2 aromatic heterocycles. The van der Waals surface area contributed by atoms with Gasteiger partial charge in [0.1, 0.15) is 29.6 Å². The van der Waals surface area contributed by atoms with Crippen LogP contribution in [0.4, 0.5) is 16.3 Å². The molecule has 230 valence electrons. The SMILES string of the molecule is Nc1nc(C#CCC2CCN(C(=O)Oc3cccc([N+](=O)[O-])c3)CC2)nc2c1ncn2[C@@H]1O[C@H](C(=O)CC2CC2)C(O)[C@@H]1O. The molecule has 1 unspecified atom stereocenters. The van der Waals surface area contributed by atoms with E-state index in [0.29, 0.717) is 44.7 Å². The van der Waals surface area contributed by atoms with Gasteiger partial charge in [-0.15, -0.1) is 0 Å². The summed E-state index contributed by atoms with van der Waals surface area (Å²) in [6.07, 6.45) is -0.00919. The number of benzene rings is 1. The Hall–Kier alpha value is -4.65. The monoisotopic (exact) mass is 605 g/mol. The van der Waals surface area contributed by atoms with Crippen molar-refractivity contribution in [3.05, 3.63) is 46.5 Å².